The molecule has 0 bridgehead atoms. The first kappa shape index (κ1) is 12.9. The summed E-state index contributed by atoms with van der Waals surface area (Å²) in [7, 11) is 0. The van der Waals surface area contributed by atoms with E-state index in [4.69, 9.17) is 11.6 Å². The van der Waals surface area contributed by atoms with Crippen molar-refractivity contribution in [3.05, 3.63) is 41.3 Å². The molecule has 1 aromatic carbocycles. The Bertz CT molecular complexity index is 752. The van der Waals surface area contributed by atoms with Gasteiger partial charge in [-0.05, 0) is 43.1 Å². The predicted octanol–water partition coefficient (Wildman–Crippen LogP) is 3.47. The van der Waals surface area contributed by atoms with E-state index in [0.717, 1.165) is 23.4 Å². The highest BCUT2D eigenvalue weighted by atomic mass is 35.5. The minimum absolute atomic E-state index is 0.211. The molecule has 0 spiro atoms. The average molecular weight is 288 g/mol. The lowest BCUT2D eigenvalue weighted by atomic mass is 10.2. The number of aromatic nitrogens is 4. The molecule has 0 radical (unpaired) electrons. The molecular formula is C14H14ClN5. The first-order valence-electron chi connectivity index (χ1n) is 6.40. The standard InChI is InChI=1S/C14H14ClN5/c1-3-20(10-6-4-5-9(2)7-10)13-11-8-16-19-12(11)17-14(15)18-13/h4-8H,3H2,1-2H3,(H,16,17,18,19). The second kappa shape index (κ2) is 5.09. The number of benzene rings is 1. The third-order valence-electron chi connectivity index (χ3n) is 3.15. The van der Waals surface area contributed by atoms with Crippen molar-refractivity contribution in [2.24, 2.45) is 0 Å². The van der Waals surface area contributed by atoms with E-state index in [2.05, 4.69) is 57.1 Å². The van der Waals surface area contributed by atoms with Crippen LogP contribution in [0.25, 0.3) is 11.0 Å². The maximum atomic E-state index is 6.00. The zero-order valence-electron chi connectivity index (χ0n) is 11.3. The van der Waals surface area contributed by atoms with E-state index in [1.807, 2.05) is 6.07 Å². The predicted molar refractivity (Wildman–Crippen MR) is 80.6 cm³/mol. The van der Waals surface area contributed by atoms with Gasteiger partial charge in [0.15, 0.2) is 5.65 Å². The molecule has 2 aromatic heterocycles. The lowest BCUT2D eigenvalue weighted by Crippen LogP contribution is -2.18. The van der Waals surface area contributed by atoms with Crippen LogP contribution in [-0.4, -0.2) is 26.7 Å². The van der Waals surface area contributed by atoms with Crippen LogP contribution in [0.3, 0.4) is 0 Å². The van der Waals surface area contributed by atoms with Crippen molar-refractivity contribution in [1.82, 2.24) is 20.2 Å². The Hall–Kier alpha value is -2.14. The van der Waals surface area contributed by atoms with Crippen molar-refractivity contribution in [3.8, 4) is 0 Å². The summed E-state index contributed by atoms with van der Waals surface area (Å²) in [6.07, 6.45) is 1.72. The summed E-state index contributed by atoms with van der Waals surface area (Å²) in [6.45, 7) is 4.92. The third kappa shape index (κ3) is 2.20. The van der Waals surface area contributed by atoms with Gasteiger partial charge >= 0.3 is 0 Å². The molecule has 6 heteroatoms. The van der Waals surface area contributed by atoms with Gasteiger partial charge in [-0.3, -0.25) is 5.10 Å². The molecule has 3 rings (SSSR count). The van der Waals surface area contributed by atoms with E-state index < -0.39 is 0 Å². The van der Waals surface area contributed by atoms with Crippen LogP contribution in [0, 0.1) is 6.92 Å². The fourth-order valence-electron chi connectivity index (χ4n) is 2.25. The largest absolute Gasteiger partial charge is 0.326 e. The molecule has 5 nitrogen and oxygen atoms in total. The molecule has 20 heavy (non-hydrogen) atoms. The summed E-state index contributed by atoms with van der Waals surface area (Å²) in [5.74, 6) is 0.766. The van der Waals surface area contributed by atoms with Crippen LogP contribution in [0.2, 0.25) is 5.28 Å². The smallest absolute Gasteiger partial charge is 0.226 e. The first-order chi connectivity index (χ1) is 9.69. The van der Waals surface area contributed by atoms with E-state index >= 15 is 0 Å². The Morgan fingerprint density at radius 3 is 2.90 bits per heavy atom. The summed E-state index contributed by atoms with van der Waals surface area (Å²) in [5.41, 5.74) is 2.92. The van der Waals surface area contributed by atoms with Crippen molar-refractivity contribution in [1.29, 1.82) is 0 Å². The maximum Gasteiger partial charge on any atom is 0.226 e. The summed E-state index contributed by atoms with van der Waals surface area (Å²) < 4.78 is 0. The molecule has 0 saturated carbocycles. The fraction of sp³-hybridized carbons (Fsp3) is 0.214. The number of halogens is 1. The number of aromatic amines is 1. The number of nitrogens with zero attached hydrogens (tertiary/aromatic N) is 4. The molecular weight excluding hydrogens is 274 g/mol. The Balaban J connectivity index is 2.18. The topological polar surface area (TPSA) is 57.7 Å². The molecule has 0 atom stereocenters. The van der Waals surface area contributed by atoms with Gasteiger partial charge in [-0.2, -0.15) is 15.1 Å². The van der Waals surface area contributed by atoms with Crippen molar-refractivity contribution in [2.45, 2.75) is 13.8 Å². The number of rotatable bonds is 3. The first-order valence-corrected chi connectivity index (χ1v) is 6.77. The molecule has 0 amide bonds. The Morgan fingerprint density at radius 2 is 2.15 bits per heavy atom. The van der Waals surface area contributed by atoms with Crippen LogP contribution >= 0.6 is 11.6 Å². The zero-order chi connectivity index (χ0) is 14.1. The molecule has 0 aliphatic heterocycles. The summed E-state index contributed by atoms with van der Waals surface area (Å²) >= 11 is 6.00. The number of fused-ring (bicyclic) bond motifs is 1. The molecule has 2 heterocycles. The van der Waals surface area contributed by atoms with Crippen LogP contribution in [0.4, 0.5) is 11.5 Å². The normalized spacial score (nSPS) is 10.9. The number of aryl methyl sites for hydroxylation is 1. The summed E-state index contributed by atoms with van der Waals surface area (Å²) in [5, 5.41) is 7.92. The summed E-state index contributed by atoms with van der Waals surface area (Å²) in [4.78, 5) is 10.6. The van der Waals surface area contributed by atoms with Crippen LogP contribution < -0.4 is 4.90 Å². The minimum atomic E-state index is 0.211. The third-order valence-corrected chi connectivity index (χ3v) is 3.32. The van der Waals surface area contributed by atoms with Gasteiger partial charge in [-0.25, -0.2) is 0 Å². The average Bonchev–Trinajstić information content (AvgIpc) is 2.87. The van der Waals surface area contributed by atoms with E-state index in [1.165, 1.54) is 5.56 Å². The Labute approximate surface area is 121 Å². The molecule has 102 valence electrons. The fourth-order valence-corrected chi connectivity index (χ4v) is 2.41. The molecule has 3 aromatic rings. The summed E-state index contributed by atoms with van der Waals surface area (Å²) in [6, 6.07) is 8.27. The molecule has 1 N–H and O–H groups in total. The van der Waals surface area contributed by atoms with Crippen molar-refractivity contribution >= 4 is 34.1 Å². The quantitative estimate of drug-likeness (QED) is 0.749. The van der Waals surface area contributed by atoms with Gasteiger partial charge in [0.2, 0.25) is 5.28 Å². The molecule has 0 aliphatic rings. The number of hydrogen-bond donors (Lipinski definition) is 1. The molecule has 0 fully saturated rings. The van der Waals surface area contributed by atoms with E-state index in [9.17, 15) is 0 Å². The number of anilines is 2. The van der Waals surface area contributed by atoms with Gasteiger partial charge in [-0.15, -0.1) is 0 Å². The number of hydrogen-bond acceptors (Lipinski definition) is 4. The van der Waals surface area contributed by atoms with Crippen LogP contribution in [0.5, 0.6) is 0 Å². The van der Waals surface area contributed by atoms with Crippen LogP contribution in [0.15, 0.2) is 30.5 Å². The van der Waals surface area contributed by atoms with Crippen molar-refractivity contribution in [2.75, 3.05) is 11.4 Å². The molecule has 0 aliphatic carbocycles. The minimum Gasteiger partial charge on any atom is -0.326 e. The molecule has 0 unspecified atom stereocenters. The lowest BCUT2D eigenvalue weighted by molar-refractivity contribution is 0.988. The van der Waals surface area contributed by atoms with E-state index in [0.29, 0.717) is 5.65 Å². The zero-order valence-corrected chi connectivity index (χ0v) is 12.0. The lowest BCUT2D eigenvalue weighted by Gasteiger charge is -2.23. The number of H-pyrrole nitrogens is 1. The highest BCUT2D eigenvalue weighted by Gasteiger charge is 2.15. The van der Waals surface area contributed by atoms with Gasteiger partial charge in [0.05, 0.1) is 11.6 Å². The SMILES string of the molecule is CCN(c1cccc(C)c1)c1nc(Cl)nc2[nH]ncc12. The van der Waals surface area contributed by atoms with E-state index in [-0.39, 0.29) is 5.28 Å². The number of nitrogens with one attached hydrogen (secondary N) is 1. The van der Waals surface area contributed by atoms with Gasteiger partial charge in [0.1, 0.15) is 5.82 Å². The van der Waals surface area contributed by atoms with Gasteiger partial charge < -0.3 is 4.90 Å². The second-order valence-electron chi connectivity index (χ2n) is 4.53. The van der Waals surface area contributed by atoms with Gasteiger partial charge in [0, 0.05) is 12.2 Å². The van der Waals surface area contributed by atoms with Crippen LogP contribution in [0.1, 0.15) is 12.5 Å². The Morgan fingerprint density at radius 1 is 1.30 bits per heavy atom. The van der Waals surface area contributed by atoms with Crippen LogP contribution in [-0.2, 0) is 0 Å². The maximum absolute atomic E-state index is 6.00. The Kier molecular flexibility index (Phi) is 3.28. The van der Waals surface area contributed by atoms with Crippen molar-refractivity contribution < 1.29 is 0 Å². The highest BCUT2D eigenvalue weighted by molar-refractivity contribution is 6.28. The van der Waals surface area contributed by atoms with Crippen molar-refractivity contribution in [3.63, 3.8) is 0 Å². The van der Waals surface area contributed by atoms with Gasteiger partial charge in [-0.1, -0.05) is 12.1 Å². The highest BCUT2D eigenvalue weighted by Crippen LogP contribution is 2.30. The molecule has 0 saturated heterocycles. The van der Waals surface area contributed by atoms with Gasteiger partial charge in [0.25, 0.3) is 0 Å². The second-order valence-corrected chi connectivity index (χ2v) is 4.87. The van der Waals surface area contributed by atoms with E-state index in [1.54, 1.807) is 6.20 Å². The monoisotopic (exact) mass is 287 g/mol.